The number of aliphatic hydroxyl groups is 1. The number of aromatic nitrogens is 1. The van der Waals surface area contributed by atoms with Gasteiger partial charge in [0.2, 0.25) is 5.43 Å². The molecule has 1 saturated carbocycles. The molecule has 1 aromatic heterocycles. The van der Waals surface area contributed by atoms with Crippen molar-refractivity contribution in [1.29, 1.82) is 0 Å². The van der Waals surface area contributed by atoms with E-state index in [9.17, 15) is 14.7 Å². The van der Waals surface area contributed by atoms with E-state index >= 15 is 0 Å². The molecule has 7 heteroatoms. The molecule has 0 spiro atoms. The molecule has 1 aromatic rings. The van der Waals surface area contributed by atoms with Crippen LogP contribution in [0.4, 0.5) is 0 Å². The standard InChI is InChI=1S/C16H21ClN2O4/c1-23-15-13(21)6-11-2-3-12(8-20)19(11)14(15)16(22)18-10-4-9(5-10)7-17/h6,9-10,12,20H,2-5,7-8H2,1H3,(H,18,22). The highest BCUT2D eigenvalue weighted by molar-refractivity contribution is 6.18. The number of aryl methyl sites for hydroxylation is 1. The van der Waals surface area contributed by atoms with Gasteiger partial charge in [-0.15, -0.1) is 11.6 Å². The van der Waals surface area contributed by atoms with Crippen LogP contribution >= 0.6 is 11.6 Å². The number of hydrogen-bond donors (Lipinski definition) is 2. The summed E-state index contributed by atoms with van der Waals surface area (Å²) in [7, 11) is 1.39. The Morgan fingerprint density at radius 1 is 1.52 bits per heavy atom. The topological polar surface area (TPSA) is 80.6 Å². The Morgan fingerprint density at radius 3 is 2.87 bits per heavy atom. The van der Waals surface area contributed by atoms with Gasteiger partial charge in [-0.25, -0.2) is 0 Å². The highest BCUT2D eigenvalue weighted by Crippen LogP contribution is 2.32. The minimum Gasteiger partial charge on any atom is -0.491 e. The molecule has 1 aliphatic heterocycles. The van der Waals surface area contributed by atoms with E-state index in [1.54, 1.807) is 4.57 Å². The molecular weight excluding hydrogens is 320 g/mol. The van der Waals surface area contributed by atoms with Gasteiger partial charge in [0.15, 0.2) is 11.4 Å². The van der Waals surface area contributed by atoms with Crippen molar-refractivity contribution in [3.63, 3.8) is 0 Å². The molecule has 1 unspecified atom stereocenters. The number of ether oxygens (including phenoxy) is 1. The summed E-state index contributed by atoms with van der Waals surface area (Å²) in [5.74, 6) is 0.764. The Balaban J connectivity index is 1.93. The molecule has 2 heterocycles. The molecule has 0 bridgehead atoms. The zero-order chi connectivity index (χ0) is 16.6. The lowest BCUT2D eigenvalue weighted by atomic mass is 9.81. The van der Waals surface area contributed by atoms with Crippen LogP contribution in [0, 0.1) is 5.92 Å². The molecule has 1 amide bonds. The number of halogens is 1. The van der Waals surface area contributed by atoms with Crippen LogP contribution in [0.15, 0.2) is 10.9 Å². The third-order valence-corrected chi connectivity index (χ3v) is 5.24. The molecule has 6 nitrogen and oxygen atoms in total. The fourth-order valence-electron chi connectivity index (χ4n) is 3.53. The van der Waals surface area contributed by atoms with Gasteiger partial charge in [0, 0.05) is 23.7 Å². The number of carbonyl (C=O) groups is 1. The number of rotatable bonds is 5. The Morgan fingerprint density at radius 2 is 2.26 bits per heavy atom. The first-order valence-electron chi connectivity index (χ1n) is 7.89. The van der Waals surface area contributed by atoms with Gasteiger partial charge in [-0.2, -0.15) is 0 Å². The van der Waals surface area contributed by atoms with Crippen LogP contribution in [0.1, 0.15) is 41.5 Å². The summed E-state index contributed by atoms with van der Waals surface area (Å²) in [4.78, 5) is 24.9. The Hall–Kier alpha value is -1.53. The molecule has 0 saturated heterocycles. The number of alkyl halides is 1. The second-order valence-electron chi connectivity index (χ2n) is 6.29. The van der Waals surface area contributed by atoms with E-state index in [1.165, 1.54) is 13.2 Å². The summed E-state index contributed by atoms with van der Waals surface area (Å²) in [6.45, 7) is -0.0724. The van der Waals surface area contributed by atoms with E-state index < -0.39 is 0 Å². The maximum Gasteiger partial charge on any atom is 0.272 e. The molecule has 23 heavy (non-hydrogen) atoms. The Bertz CT molecular complexity index is 667. The number of hydrogen-bond acceptors (Lipinski definition) is 4. The van der Waals surface area contributed by atoms with Crippen molar-refractivity contribution in [1.82, 2.24) is 9.88 Å². The largest absolute Gasteiger partial charge is 0.491 e. The highest BCUT2D eigenvalue weighted by Gasteiger charge is 2.34. The number of carbonyl (C=O) groups excluding carboxylic acids is 1. The molecule has 126 valence electrons. The molecule has 2 aliphatic rings. The number of nitrogens with one attached hydrogen (secondary N) is 1. The summed E-state index contributed by atoms with van der Waals surface area (Å²) >= 11 is 5.80. The summed E-state index contributed by atoms with van der Waals surface area (Å²) in [6.07, 6.45) is 3.08. The highest BCUT2D eigenvalue weighted by atomic mass is 35.5. The van der Waals surface area contributed by atoms with Crippen molar-refractivity contribution < 1.29 is 14.6 Å². The zero-order valence-corrected chi connectivity index (χ0v) is 13.8. The first kappa shape index (κ1) is 16.3. The van der Waals surface area contributed by atoms with Crippen LogP contribution in [-0.2, 0) is 6.42 Å². The maximum absolute atomic E-state index is 12.7. The lowest BCUT2D eigenvalue weighted by Crippen LogP contribution is -2.46. The first-order valence-corrected chi connectivity index (χ1v) is 8.42. The van der Waals surface area contributed by atoms with E-state index in [0.717, 1.165) is 18.5 Å². The van der Waals surface area contributed by atoms with Crippen LogP contribution < -0.4 is 15.5 Å². The number of pyridine rings is 1. The van der Waals surface area contributed by atoms with Gasteiger partial charge in [-0.3, -0.25) is 9.59 Å². The summed E-state index contributed by atoms with van der Waals surface area (Å²) < 4.78 is 6.95. The van der Waals surface area contributed by atoms with Gasteiger partial charge in [-0.05, 0) is 31.6 Å². The maximum atomic E-state index is 12.7. The van der Waals surface area contributed by atoms with E-state index in [-0.39, 0.29) is 41.5 Å². The third-order valence-electron chi connectivity index (χ3n) is 4.80. The van der Waals surface area contributed by atoms with E-state index in [2.05, 4.69) is 5.32 Å². The number of methoxy groups -OCH3 is 1. The molecule has 1 aliphatic carbocycles. The molecule has 1 atom stereocenters. The lowest BCUT2D eigenvalue weighted by Gasteiger charge is -2.35. The smallest absolute Gasteiger partial charge is 0.272 e. The molecule has 3 rings (SSSR count). The van der Waals surface area contributed by atoms with E-state index in [1.807, 2.05) is 0 Å². The molecule has 2 N–H and O–H groups in total. The van der Waals surface area contributed by atoms with Crippen LogP contribution in [-0.4, -0.2) is 41.2 Å². The Kier molecular flexibility index (Phi) is 4.64. The van der Waals surface area contributed by atoms with Gasteiger partial charge >= 0.3 is 0 Å². The fourth-order valence-corrected chi connectivity index (χ4v) is 3.78. The van der Waals surface area contributed by atoms with Crippen LogP contribution in [0.25, 0.3) is 0 Å². The molecule has 0 radical (unpaired) electrons. The van der Waals surface area contributed by atoms with Crippen molar-refractivity contribution in [3.8, 4) is 5.75 Å². The van der Waals surface area contributed by atoms with Crippen molar-refractivity contribution in [2.75, 3.05) is 19.6 Å². The van der Waals surface area contributed by atoms with Crippen molar-refractivity contribution >= 4 is 17.5 Å². The second kappa shape index (κ2) is 6.53. The number of aliphatic hydroxyl groups excluding tert-OH is 1. The summed E-state index contributed by atoms with van der Waals surface area (Å²) in [5, 5.41) is 12.5. The quantitative estimate of drug-likeness (QED) is 0.786. The van der Waals surface area contributed by atoms with E-state index in [0.29, 0.717) is 24.6 Å². The SMILES string of the molecule is COc1c(C(=O)NC2CC(CCl)C2)n2c(cc1=O)CCC2CO. The monoisotopic (exact) mass is 340 g/mol. The predicted molar refractivity (Wildman–Crippen MR) is 86.4 cm³/mol. The first-order chi connectivity index (χ1) is 11.1. The van der Waals surface area contributed by atoms with E-state index in [4.69, 9.17) is 16.3 Å². The summed E-state index contributed by atoms with van der Waals surface area (Å²) in [5.41, 5.74) is 0.697. The van der Waals surface area contributed by atoms with Crippen molar-refractivity contribution in [2.24, 2.45) is 5.92 Å². The predicted octanol–water partition coefficient (Wildman–Crippen LogP) is 1.08. The third kappa shape index (κ3) is 2.85. The van der Waals surface area contributed by atoms with Gasteiger partial charge < -0.3 is 19.7 Å². The summed E-state index contributed by atoms with van der Waals surface area (Å²) in [6, 6.07) is 1.38. The van der Waals surface area contributed by atoms with Crippen molar-refractivity contribution in [3.05, 3.63) is 27.7 Å². The fraction of sp³-hybridized carbons (Fsp3) is 0.625. The van der Waals surface area contributed by atoms with Gasteiger partial charge in [-0.1, -0.05) is 0 Å². The van der Waals surface area contributed by atoms with Crippen LogP contribution in [0.2, 0.25) is 0 Å². The van der Waals surface area contributed by atoms with Crippen LogP contribution in [0.3, 0.4) is 0 Å². The molecule has 1 fully saturated rings. The van der Waals surface area contributed by atoms with Gasteiger partial charge in [0.1, 0.15) is 0 Å². The number of nitrogens with zero attached hydrogens (tertiary/aromatic N) is 1. The average Bonchev–Trinajstić information content (AvgIpc) is 2.90. The molecule has 0 aromatic carbocycles. The van der Waals surface area contributed by atoms with Gasteiger partial charge in [0.05, 0.1) is 19.8 Å². The molecular formula is C16H21ClN2O4. The average molecular weight is 341 g/mol. The lowest BCUT2D eigenvalue weighted by molar-refractivity contribution is 0.0878. The van der Waals surface area contributed by atoms with Crippen molar-refractivity contribution in [2.45, 2.75) is 37.8 Å². The van der Waals surface area contributed by atoms with Crippen LogP contribution in [0.5, 0.6) is 5.75 Å². The van der Waals surface area contributed by atoms with Gasteiger partial charge in [0.25, 0.3) is 5.91 Å². The normalized spacial score (nSPS) is 25.6. The minimum absolute atomic E-state index is 0.0415. The number of amides is 1. The minimum atomic E-state index is -0.320. The zero-order valence-electron chi connectivity index (χ0n) is 13.0. The number of fused-ring (bicyclic) bond motifs is 1. The second-order valence-corrected chi connectivity index (χ2v) is 6.60. The Labute approximate surface area is 139 Å².